The lowest BCUT2D eigenvalue weighted by molar-refractivity contribution is -0.142. The fourth-order valence-corrected chi connectivity index (χ4v) is 4.27. The van der Waals surface area contributed by atoms with Crippen LogP contribution in [0.1, 0.15) is 50.2 Å². The molecule has 0 fully saturated rings. The van der Waals surface area contributed by atoms with Gasteiger partial charge in [0.2, 0.25) is 0 Å². The first-order valence-corrected chi connectivity index (χ1v) is 13.6. The number of nitrogens with two attached hydrogens (primary N) is 1. The van der Waals surface area contributed by atoms with Crippen LogP contribution < -0.4 is 26.4 Å². The zero-order chi connectivity index (χ0) is 27.9. The Bertz CT molecular complexity index is 1210. The molecule has 1 aromatic carbocycles. The molecule has 1 aliphatic heterocycles. The number of nitrogens with one attached hydrogen (secondary N) is 1. The fraction of sp³-hybridized carbons (Fsp3) is 0.517. The molecule has 0 amide bonds. The van der Waals surface area contributed by atoms with E-state index in [0.717, 1.165) is 65.5 Å². The van der Waals surface area contributed by atoms with E-state index in [9.17, 15) is 4.79 Å². The Morgan fingerprint density at radius 2 is 1.92 bits per heavy atom. The number of hydrogen-bond acceptors (Lipinski definition) is 8. The molecule has 3 rings (SSSR count). The zero-order valence-corrected chi connectivity index (χ0v) is 23.1. The first kappa shape index (κ1) is 30.2. The van der Waals surface area contributed by atoms with Crippen LogP contribution in [0.25, 0.3) is 11.9 Å². The van der Waals surface area contributed by atoms with E-state index in [2.05, 4.69) is 41.2 Å². The smallest absolute Gasteiger partial charge is 0.329 e. The second-order valence-corrected chi connectivity index (χ2v) is 9.33. The average molecular weight is 543 g/mol. The van der Waals surface area contributed by atoms with Gasteiger partial charge in [-0.1, -0.05) is 38.0 Å². The summed E-state index contributed by atoms with van der Waals surface area (Å²) in [6, 6.07) is 8.24. The van der Waals surface area contributed by atoms with Crippen LogP contribution in [-0.2, 0) is 32.2 Å². The molecule has 0 saturated carbocycles. The highest BCUT2D eigenvalue weighted by molar-refractivity contribution is 5.84. The van der Waals surface area contributed by atoms with Gasteiger partial charge in [-0.15, -0.1) is 0 Å². The fourth-order valence-electron chi connectivity index (χ4n) is 4.27. The highest BCUT2D eigenvalue weighted by Crippen LogP contribution is 2.21. The van der Waals surface area contributed by atoms with Crippen LogP contribution in [0, 0.1) is 0 Å². The number of hydrogen-bond donors (Lipinski definition) is 3. The van der Waals surface area contributed by atoms with Crippen molar-refractivity contribution in [3.8, 4) is 5.75 Å². The summed E-state index contributed by atoms with van der Waals surface area (Å²) in [7, 11) is 1.68. The molecule has 0 atom stereocenters. The monoisotopic (exact) mass is 542 g/mol. The van der Waals surface area contributed by atoms with Crippen LogP contribution in [0.3, 0.4) is 0 Å². The van der Waals surface area contributed by atoms with E-state index in [1.54, 1.807) is 7.11 Å². The predicted molar refractivity (Wildman–Crippen MR) is 151 cm³/mol. The summed E-state index contributed by atoms with van der Waals surface area (Å²) >= 11 is 0. The summed E-state index contributed by atoms with van der Waals surface area (Å²) < 4.78 is 24.0. The normalized spacial score (nSPS) is 16.8. The number of aromatic nitrogens is 1. The van der Waals surface area contributed by atoms with Crippen molar-refractivity contribution in [3.05, 3.63) is 52.2 Å². The Labute approximate surface area is 230 Å². The van der Waals surface area contributed by atoms with Crippen LogP contribution >= 0.6 is 0 Å². The van der Waals surface area contributed by atoms with Crippen LogP contribution in [0.2, 0.25) is 0 Å². The number of rotatable bonds is 18. The van der Waals surface area contributed by atoms with Gasteiger partial charge in [0.25, 0.3) is 0 Å². The van der Waals surface area contributed by atoms with Gasteiger partial charge in [0.05, 0.1) is 52.0 Å². The molecule has 0 aliphatic carbocycles. The van der Waals surface area contributed by atoms with Crippen molar-refractivity contribution in [1.82, 2.24) is 9.88 Å². The molecular weight excluding hydrogens is 500 g/mol. The molecule has 214 valence electrons. The van der Waals surface area contributed by atoms with E-state index in [1.807, 2.05) is 12.1 Å². The molecule has 0 unspecified atom stereocenters. The molecule has 4 N–H and O–H groups in total. The SMILES string of the molecule is CCCCCNC1=c2/c(ccn2Cc2ccc(COCCOCCOCC(=O)O)cc2OC)=C\CC/C(N)=N\1. The number of carboxylic acid groups (broad SMARTS) is 1. The number of aliphatic imine (C=N–C) groups is 1. The molecule has 10 heteroatoms. The topological polar surface area (TPSA) is 130 Å². The maximum atomic E-state index is 10.4. The van der Waals surface area contributed by atoms with Crippen LogP contribution in [0.5, 0.6) is 5.75 Å². The van der Waals surface area contributed by atoms with Crippen molar-refractivity contribution >= 4 is 23.7 Å². The maximum Gasteiger partial charge on any atom is 0.329 e. The lowest BCUT2D eigenvalue weighted by Crippen LogP contribution is -2.37. The predicted octanol–water partition coefficient (Wildman–Crippen LogP) is 1.96. The van der Waals surface area contributed by atoms with E-state index in [0.29, 0.717) is 38.8 Å². The van der Waals surface area contributed by atoms with Crippen LogP contribution in [0.4, 0.5) is 0 Å². The first-order chi connectivity index (χ1) is 19.0. The van der Waals surface area contributed by atoms with Gasteiger partial charge < -0.3 is 39.7 Å². The number of methoxy groups -OCH3 is 1. The molecular formula is C29H42N4O6. The molecule has 2 aromatic rings. The van der Waals surface area contributed by atoms with Crippen LogP contribution in [-0.4, -0.2) is 68.2 Å². The Kier molecular flexibility index (Phi) is 12.8. The van der Waals surface area contributed by atoms with Crippen molar-refractivity contribution in [2.45, 2.75) is 52.2 Å². The Morgan fingerprint density at radius 3 is 2.69 bits per heavy atom. The Balaban J connectivity index is 1.64. The highest BCUT2D eigenvalue weighted by Gasteiger charge is 2.11. The Hall–Kier alpha value is -3.34. The van der Waals surface area contributed by atoms with Crippen molar-refractivity contribution in [2.24, 2.45) is 10.7 Å². The largest absolute Gasteiger partial charge is 0.496 e. The number of aliphatic carboxylic acids is 1. The first-order valence-electron chi connectivity index (χ1n) is 13.6. The third-order valence-electron chi connectivity index (χ3n) is 6.24. The van der Waals surface area contributed by atoms with Gasteiger partial charge in [0, 0.05) is 24.7 Å². The van der Waals surface area contributed by atoms with Crippen molar-refractivity contribution in [1.29, 1.82) is 0 Å². The number of carbonyl (C=O) groups is 1. The summed E-state index contributed by atoms with van der Waals surface area (Å²) in [6.07, 6.45) is 9.34. The van der Waals surface area contributed by atoms with Crippen LogP contribution in [0.15, 0.2) is 35.5 Å². The minimum atomic E-state index is -0.992. The lowest BCUT2D eigenvalue weighted by atomic mass is 10.1. The minimum absolute atomic E-state index is 0.238. The van der Waals surface area contributed by atoms with E-state index < -0.39 is 5.97 Å². The quantitative estimate of drug-likeness (QED) is 0.244. The van der Waals surface area contributed by atoms with E-state index in [4.69, 9.17) is 34.8 Å². The number of benzene rings is 1. The van der Waals surface area contributed by atoms with Gasteiger partial charge in [-0.05, 0) is 35.8 Å². The molecule has 0 saturated heterocycles. The van der Waals surface area contributed by atoms with Gasteiger partial charge in [0.15, 0.2) is 5.82 Å². The zero-order valence-electron chi connectivity index (χ0n) is 23.1. The van der Waals surface area contributed by atoms with Gasteiger partial charge in [0.1, 0.15) is 18.2 Å². The summed E-state index contributed by atoms with van der Waals surface area (Å²) in [4.78, 5) is 15.2. The van der Waals surface area contributed by atoms with E-state index in [-0.39, 0.29) is 13.2 Å². The van der Waals surface area contributed by atoms with Crippen molar-refractivity contribution in [3.63, 3.8) is 0 Å². The molecule has 1 aliphatic rings. The Morgan fingerprint density at radius 1 is 1.13 bits per heavy atom. The number of ether oxygens (including phenoxy) is 4. The van der Waals surface area contributed by atoms with Gasteiger partial charge in [-0.25, -0.2) is 9.79 Å². The number of carboxylic acids is 1. The molecule has 0 spiro atoms. The highest BCUT2D eigenvalue weighted by atomic mass is 16.5. The molecule has 1 aromatic heterocycles. The van der Waals surface area contributed by atoms with Crippen molar-refractivity contribution < 1.29 is 28.8 Å². The number of unbranched alkanes of at least 4 members (excludes halogenated alkanes) is 2. The van der Waals surface area contributed by atoms with Gasteiger partial charge in [-0.3, -0.25) is 0 Å². The maximum absolute atomic E-state index is 10.4. The molecule has 0 bridgehead atoms. The van der Waals surface area contributed by atoms with Gasteiger partial charge in [-0.2, -0.15) is 0 Å². The lowest BCUT2D eigenvalue weighted by Gasteiger charge is -2.14. The second-order valence-electron chi connectivity index (χ2n) is 9.33. The molecule has 0 radical (unpaired) electrons. The van der Waals surface area contributed by atoms with E-state index >= 15 is 0 Å². The standard InChI is InChI=1S/C29H42N4O6/c1-3-4-5-12-31-29-28-23(7-6-8-26(30)32-29)11-13-33(28)19-24-10-9-22(18-25(24)36-2)20-38-16-14-37-15-17-39-21-27(34)35/h7,9-11,13,18,31H,3-6,8,12,14-17,19-21H2,1-2H3,(H2,30,32)(H,34,35)/b23-7-,29-28+. The molecule has 10 nitrogen and oxygen atoms in total. The number of fused-ring (bicyclic) bond motifs is 1. The summed E-state index contributed by atoms with van der Waals surface area (Å²) in [6.45, 7) is 5.17. The summed E-state index contributed by atoms with van der Waals surface area (Å²) in [5, 5.41) is 14.3. The third-order valence-corrected chi connectivity index (χ3v) is 6.24. The van der Waals surface area contributed by atoms with Gasteiger partial charge >= 0.3 is 5.97 Å². The second kappa shape index (κ2) is 16.6. The summed E-state index contributed by atoms with van der Waals surface area (Å²) in [5.41, 5.74) is 8.26. The van der Waals surface area contributed by atoms with Crippen molar-refractivity contribution in [2.75, 3.05) is 46.7 Å². The third kappa shape index (κ3) is 10.0. The average Bonchev–Trinajstić information content (AvgIpc) is 3.30. The number of amidine groups is 1. The molecule has 39 heavy (non-hydrogen) atoms. The molecule has 2 heterocycles. The summed E-state index contributed by atoms with van der Waals surface area (Å²) in [5.74, 6) is 1.26. The number of nitrogens with zero attached hydrogens (tertiary/aromatic N) is 2. The minimum Gasteiger partial charge on any atom is -0.496 e. The van der Waals surface area contributed by atoms with E-state index in [1.165, 1.54) is 6.42 Å².